The highest BCUT2D eigenvalue weighted by Gasteiger charge is 2.16. The van der Waals surface area contributed by atoms with Crippen LogP contribution in [0.5, 0.6) is 5.75 Å². The number of hydrogen-bond acceptors (Lipinski definition) is 6. The van der Waals surface area contributed by atoms with Gasteiger partial charge in [-0.1, -0.05) is 6.07 Å². The van der Waals surface area contributed by atoms with Gasteiger partial charge in [-0.05, 0) is 58.0 Å². The van der Waals surface area contributed by atoms with Crippen molar-refractivity contribution < 1.29 is 18.7 Å². The van der Waals surface area contributed by atoms with Crippen LogP contribution < -0.4 is 15.4 Å². The van der Waals surface area contributed by atoms with Crippen LogP contribution in [0, 0.1) is 0 Å². The first-order valence-corrected chi connectivity index (χ1v) is 9.04. The van der Waals surface area contributed by atoms with E-state index in [0.29, 0.717) is 24.8 Å². The van der Waals surface area contributed by atoms with Crippen LogP contribution in [0.15, 0.2) is 28.7 Å². The molecular formula is C19H26N2O4. The van der Waals surface area contributed by atoms with Crippen molar-refractivity contribution >= 4 is 16.9 Å². The summed E-state index contributed by atoms with van der Waals surface area (Å²) in [4.78, 5) is 11.8. The first kappa shape index (κ1) is 17.8. The van der Waals surface area contributed by atoms with E-state index in [1.54, 1.807) is 13.0 Å². The minimum atomic E-state index is -0.448. The Balaban J connectivity index is 1.51. The fourth-order valence-corrected chi connectivity index (χ4v) is 3.05. The zero-order valence-electron chi connectivity index (χ0n) is 14.7. The lowest BCUT2D eigenvalue weighted by Gasteiger charge is -2.23. The lowest BCUT2D eigenvalue weighted by molar-refractivity contribution is 0.0492. The van der Waals surface area contributed by atoms with Gasteiger partial charge in [0.2, 0.25) is 5.76 Å². The van der Waals surface area contributed by atoms with Crippen molar-refractivity contribution in [3.05, 3.63) is 30.0 Å². The van der Waals surface area contributed by atoms with E-state index in [-0.39, 0.29) is 5.76 Å². The molecule has 25 heavy (non-hydrogen) atoms. The Morgan fingerprint density at radius 3 is 3.00 bits per heavy atom. The Labute approximate surface area is 147 Å². The summed E-state index contributed by atoms with van der Waals surface area (Å²) in [5, 5.41) is 7.75. The van der Waals surface area contributed by atoms with E-state index in [2.05, 4.69) is 10.6 Å². The molecule has 1 aromatic carbocycles. The lowest BCUT2D eigenvalue weighted by Crippen LogP contribution is -2.40. The molecule has 3 rings (SSSR count). The molecule has 1 aliphatic rings. The maximum absolute atomic E-state index is 11.8. The van der Waals surface area contributed by atoms with Gasteiger partial charge in [0.15, 0.2) is 0 Å². The normalized spacial score (nSPS) is 15.4. The summed E-state index contributed by atoms with van der Waals surface area (Å²) in [7, 11) is 0. The zero-order chi connectivity index (χ0) is 17.5. The van der Waals surface area contributed by atoms with Crippen LogP contribution in [-0.4, -0.2) is 44.9 Å². The van der Waals surface area contributed by atoms with E-state index in [1.165, 1.54) is 12.8 Å². The molecule has 0 spiro atoms. The number of nitrogens with one attached hydrogen (secondary N) is 2. The van der Waals surface area contributed by atoms with Crippen molar-refractivity contribution in [2.45, 2.75) is 32.2 Å². The summed E-state index contributed by atoms with van der Waals surface area (Å²) in [6.45, 7) is 5.85. The maximum Gasteiger partial charge on any atom is 0.374 e. The van der Waals surface area contributed by atoms with E-state index in [0.717, 1.165) is 37.2 Å². The second kappa shape index (κ2) is 8.87. The van der Waals surface area contributed by atoms with Crippen molar-refractivity contribution in [3.63, 3.8) is 0 Å². The number of carbonyl (C=O) groups excluding carboxylic acids is 1. The molecule has 1 aromatic heterocycles. The van der Waals surface area contributed by atoms with Gasteiger partial charge in [0.05, 0.1) is 18.6 Å². The van der Waals surface area contributed by atoms with Gasteiger partial charge in [0, 0.05) is 12.1 Å². The minimum absolute atomic E-state index is 0.209. The molecule has 1 saturated heterocycles. The molecule has 2 N–H and O–H groups in total. The SMILES string of the molecule is CCOC(=O)c1cc2c(OCCCNC3CCNCC3)cccc2o1. The molecule has 0 bridgehead atoms. The number of carbonyl (C=O) groups is 1. The number of hydrogen-bond donors (Lipinski definition) is 2. The Bertz CT molecular complexity index is 692. The molecule has 0 atom stereocenters. The largest absolute Gasteiger partial charge is 0.493 e. The third-order valence-electron chi connectivity index (χ3n) is 4.35. The topological polar surface area (TPSA) is 72.7 Å². The van der Waals surface area contributed by atoms with Gasteiger partial charge in [-0.15, -0.1) is 0 Å². The molecule has 6 heteroatoms. The molecule has 2 heterocycles. The molecule has 1 fully saturated rings. The predicted molar refractivity (Wildman–Crippen MR) is 96.2 cm³/mol. The molecule has 0 radical (unpaired) electrons. The van der Waals surface area contributed by atoms with Crippen LogP contribution in [0.25, 0.3) is 11.0 Å². The number of ether oxygens (including phenoxy) is 2. The average Bonchev–Trinajstić information content (AvgIpc) is 3.08. The number of fused-ring (bicyclic) bond motifs is 1. The van der Waals surface area contributed by atoms with E-state index in [9.17, 15) is 4.79 Å². The summed E-state index contributed by atoms with van der Waals surface area (Å²) < 4.78 is 16.4. The van der Waals surface area contributed by atoms with Crippen LogP contribution in [0.4, 0.5) is 0 Å². The van der Waals surface area contributed by atoms with Crippen molar-refractivity contribution in [2.24, 2.45) is 0 Å². The van der Waals surface area contributed by atoms with Crippen molar-refractivity contribution in [1.82, 2.24) is 10.6 Å². The van der Waals surface area contributed by atoms with Crippen LogP contribution in [-0.2, 0) is 4.74 Å². The van der Waals surface area contributed by atoms with E-state index in [4.69, 9.17) is 13.9 Å². The first-order chi connectivity index (χ1) is 12.3. The highest BCUT2D eigenvalue weighted by molar-refractivity contribution is 5.94. The molecule has 0 unspecified atom stereocenters. The maximum atomic E-state index is 11.8. The van der Waals surface area contributed by atoms with Gasteiger partial charge >= 0.3 is 5.97 Å². The number of esters is 1. The summed E-state index contributed by atoms with van der Waals surface area (Å²) in [5.74, 6) is 0.495. The Hall–Kier alpha value is -2.05. The second-order valence-corrected chi connectivity index (χ2v) is 6.18. The van der Waals surface area contributed by atoms with Crippen LogP contribution >= 0.6 is 0 Å². The number of piperidine rings is 1. The quantitative estimate of drug-likeness (QED) is 0.566. The molecular weight excluding hydrogens is 320 g/mol. The Kier molecular flexibility index (Phi) is 6.30. The average molecular weight is 346 g/mol. The van der Waals surface area contributed by atoms with Gasteiger partial charge in [-0.3, -0.25) is 0 Å². The predicted octanol–water partition coefficient (Wildman–Crippen LogP) is 2.72. The molecule has 2 aromatic rings. The van der Waals surface area contributed by atoms with Crippen molar-refractivity contribution in [2.75, 3.05) is 32.8 Å². The van der Waals surface area contributed by atoms with Crippen molar-refractivity contribution in [1.29, 1.82) is 0 Å². The highest BCUT2D eigenvalue weighted by atomic mass is 16.5. The summed E-state index contributed by atoms with van der Waals surface area (Å²) in [6.07, 6.45) is 3.31. The first-order valence-electron chi connectivity index (χ1n) is 9.04. The van der Waals surface area contributed by atoms with Gasteiger partial charge < -0.3 is 24.5 Å². The van der Waals surface area contributed by atoms with Crippen molar-refractivity contribution in [3.8, 4) is 5.75 Å². The van der Waals surface area contributed by atoms with Gasteiger partial charge in [-0.25, -0.2) is 4.79 Å². The molecule has 136 valence electrons. The fraction of sp³-hybridized carbons (Fsp3) is 0.526. The molecule has 0 saturated carbocycles. The van der Waals surface area contributed by atoms with E-state index in [1.807, 2.05) is 18.2 Å². The Morgan fingerprint density at radius 1 is 1.36 bits per heavy atom. The van der Waals surface area contributed by atoms with Crippen LogP contribution in [0.3, 0.4) is 0 Å². The summed E-state index contributed by atoms with van der Waals surface area (Å²) in [5.41, 5.74) is 0.633. The third kappa shape index (κ3) is 4.74. The molecule has 0 aliphatic carbocycles. The molecule has 6 nitrogen and oxygen atoms in total. The van der Waals surface area contributed by atoms with E-state index < -0.39 is 5.97 Å². The van der Waals surface area contributed by atoms with Gasteiger partial charge in [0.25, 0.3) is 0 Å². The van der Waals surface area contributed by atoms with Gasteiger partial charge in [0.1, 0.15) is 11.3 Å². The van der Waals surface area contributed by atoms with Crippen LogP contribution in [0.1, 0.15) is 36.7 Å². The highest BCUT2D eigenvalue weighted by Crippen LogP contribution is 2.29. The lowest BCUT2D eigenvalue weighted by atomic mass is 10.1. The van der Waals surface area contributed by atoms with Crippen LogP contribution in [0.2, 0.25) is 0 Å². The minimum Gasteiger partial charge on any atom is -0.493 e. The number of furan rings is 1. The number of rotatable bonds is 8. The monoisotopic (exact) mass is 346 g/mol. The standard InChI is InChI=1S/C19H26N2O4/c1-2-23-19(22)18-13-15-16(5-3-6-17(15)25-18)24-12-4-9-21-14-7-10-20-11-8-14/h3,5-6,13-14,20-21H,2,4,7-12H2,1H3. The number of benzene rings is 1. The Morgan fingerprint density at radius 2 is 2.20 bits per heavy atom. The smallest absolute Gasteiger partial charge is 0.374 e. The molecule has 1 aliphatic heterocycles. The fourth-order valence-electron chi connectivity index (χ4n) is 3.05. The summed E-state index contributed by atoms with van der Waals surface area (Å²) in [6, 6.07) is 7.89. The molecule has 0 amide bonds. The van der Waals surface area contributed by atoms with E-state index >= 15 is 0 Å². The van der Waals surface area contributed by atoms with Gasteiger partial charge in [-0.2, -0.15) is 0 Å². The second-order valence-electron chi connectivity index (χ2n) is 6.18. The zero-order valence-corrected chi connectivity index (χ0v) is 14.7. The summed E-state index contributed by atoms with van der Waals surface area (Å²) >= 11 is 0. The third-order valence-corrected chi connectivity index (χ3v) is 4.35.